The monoisotopic (exact) mass is 314 g/mol. The molecule has 0 bridgehead atoms. The van der Waals surface area contributed by atoms with E-state index in [2.05, 4.69) is 4.74 Å². The maximum Gasteiger partial charge on any atom is 0.333 e. The van der Waals surface area contributed by atoms with Crippen LogP contribution in [0.3, 0.4) is 0 Å². The molecule has 0 N–H and O–H groups in total. The number of esters is 1. The van der Waals surface area contributed by atoms with Crippen LogP contribution >= 0.6 is 0 Å². The Morgan fingerprint density at radius 1 is 1.14 bits per heavy atom. The third-order valence-electron chi connectivity index (χ3n) is 3.86. The van der Waals surface area contributed by atoms with E-state index in [1.54, 1.807) is 0 Å². The summed E-state index contributed by atoms with van der Waals surface area (Å²) in [7, 11) is 1.31. The van der Waals surface area contributed by atoms with Crippen LogP contribution in [-0.4, -0.2) is 55.7 Å². The van der Waals surface area contributed by atoms with Gasteiger partial charge in [0, 0.05) is 0 Å². The van der Waals surface area contributed by atoms with Crippen molar-refractivity contribution in [3.8, 4) is 0 Å². The summed E-state index contributed by atoms with van der Waals surface area (Å²) in [5.74, 6) is -1.61. The maximum absolute atomic E-state index is 11.6. The molecule has 124 valence electrons. The molecule has 3 heterocycles. The molecule has 7 nitrogen and oxygen atoms in total. The predicted octanol–water partition coefficient (Wildman–Crippen LogP) is 1.11. The van der Waals surface area contributed by atoms with Gasteiger partial charge in [-0.2, -0.15) is 0 Å². The normalized spacial score (nSPS) is 40.5. The lowest BCUT2D eigenvalue weighted by atomic mass is 9.96. The molecule has 0 aromatic heterocycles. The largest absolute Gasteiger partial charge is 0.486 e. The summed E-state index contributed by atoms with van der Waals surface area (Å²) in [6, 6.07) is 0. The number of carbonyl (C=O) groups is 1. The van der Waals surface area contributed by atoms with Crippen LogP contribution in [0.4, 0.5) is 0 Å². The molecule has 0 aromatic rings. The molecular weight excluding hydrogens is 292 g/mol. The molecule has 0 spiro atoms. The van der Waals surface area contributed by atoms with Gasteiger partial charge in [-0.25, -0.2) is 4.79 Å². The van der Waals surface area contributed by atoms with Crippen molar-refractivity contribution in [1.82, 2.24) is 0 Å². The summed E-state index contributed by atoms with van der Waals surface area (Å²) >= 11 is 0. The fourth-order valence-electron chi connectivity index (χ4n) is 2.98. The van der Waals surface area contributed by atoms with Gasteiger partial charge in [0.2, 0.25) is 0 Å². The van der Waals surface area contributed by atoms with Crippen LogP contribution in [0.2, 0.25) is 0 Å². The van der Waals surface area contributed by atoms with Crippen LogP contribution in [0.5, 0.6) is 0 Å². The van der Waals surface area contributed by atoms with Crippen molar-refractivity contribution in [2.45, 2.75) is 63.7 Å². The third-order valence-corrected chi connectivity index (χ3v) is 3.86. The molecule has 22 heavy (non-hydrogen) atoms. The van der Waals surface area contributed by atoms with Gasteiger partial charge in [0.1, 0.15) is 24.1 Å². The molecule has 4 atom stereocenters. The molecule has 0 amide bonds. The molecule has 3 saturated heterocycles. The quantitative estimate of drug-likeness (QED) is 0.530. The van der Waals surface area contributed by atoms with Crippen molar-refractivity contribution in [1.29, 1.82) is 0 Å². The van der Waals surface area contributed by atoms with E-state index in [9.17, 15) is 4.79 Å². The van der Waals surface area contributed by atoms with Crippen LogP contribution < -0.4 is 0 Å². The van der Waals surface area contributed by atoms with Gasteiger partial charge in [-0.1, -0.05) is 0 Å². The minimum atomic E-state index is -0.783. The predicted molar refractivity (Wildman–Crippen MR) is 73.7 cm³/mol. The van der Waals surface area contributed by atoms with Gasteiger partial charge in [0.05, 0.1) is 19.8 Å². The summed E-state index contributed by atoms with van der Waals surface area (Å²) in [6.07, 6.45) is -0.275. The van der Waals surface area contributed by atoms with E-state index < -0.39 is 23.6 Å². The highest BCUT2D eigenvalue weighted by molar-refractivity contribution is 5.82. The molecule has 3 aliphatic heterocycles. The van der Waals surface area contributed by atoms with Gasteiger partial charge in [-0.05, 0) is 27.7 Å². The van der Waals surface area contributed by atoms with E-state index in [0.717, 1.165) is 0 Å². The first kappa shape index (κ1) is 15.7. The van der Waals surface area contributed by atoms with E-state index in [-0.39, 0.29) is 18.3 Å². The topological polar surface area (TPSA) is 72.5 Å². The number of ether oxygens (including phenoxy) is 6. The lowest BCUT2D eigenvalue weighted by molar-refractivity contribution is -0.332. The zero-order chi connectivity index (χ0) is 16.1. The number of hydrogen-bond acceptors (Lipinski definition) is 7. The van der Waals surface area contributed by atoms with Crippen LogP contribution in [0.15, 0.2) is 11.8 Å². The van der Waals surface area contributed by atoms with Crippen molar-refractivity contribution in [3.63, 3.8) is 0 Å². The Morgan fingerprint density at radius 2 is 1.82 bits per heavy atom. The van der Waals surface area contributed by atoms with Crippen LogP contribution in [0, 0.1) is 0 Å². The molecule has 0 saturated carbocycles. The molecule has 2 unspecified atom stereocenters. The van der Waals surface area contributed by atoms with Gasteiger partial charge in [-0.15, -0.1) is 0 Å². The van der Waals surface area contributed by atoms with Crippen LogP contribution in [0.25, 0.3) is 0 Å². The second-order valence-corrected chi connectivity index (χ2v) is 6.54. The number of hydrogen-bond donors (Lipinski definition) is 0. The zero-order valence-corrected chi connectivity index (χ0v) is 13.5. The van der Waals surface area contributed by atoms with E-state index >= 15 is 0 Å². The van der Waals surface area contributed by atoms with Crippen LogP contribution in [0.1, 0.15) is 27.7 Å². The fourth-order valence-corrected chi connectivity index (χ4v) is 2.98. The molecule has 3 rings (SSSR count). The highest BCUT2D eigenvalue weighted by atomic mass is 16.8. The highest BCUT2D eigenvalue weighted by Gasteiger charge is 2.57. The number of fused-ring (bicyclic) bond motifs is 3. The lowest BCUT2D eigenvalue weighted by Gasteiger charge is -2.46. The van der Waals surface area contributed by atoms with Crippen LogP contribution in [-0.2, 0) is 33.2 Å². The van der Waals surface area contributed by atoms with Crippen molar-refractivity contribution in [3.05, 3.63) is 11.8 Å². The number of carbonyl (C=O) groups excluding carboxylic acids is 1. The summed E-state index contributed by atoms with van der Waals surface area (Å²) in [4.78, 5) is 11.6. The maximum atomic E-state index is 11.6. The minimum absolute atomic E-state index is 0.328. The Morgan fingerprint density at radius 3 is 2.50 bits per heavy atom. The molecule has 7 heteroatoms. The second kappa shape index (κ2) is 5.19. The lowest BCUT2D eigenvalue weighted by Crippen LogP contribution is -2.60. The smallest absolute Gasteiger partial charge is 0.333 e. The first-order valence-electron chi connectivity index (χ1n) is 7.34. The first-order valence-corrected chi connectivity index (χ1v) is 7.34. The SMILES string of the molecule is COC(=O)C=C1OC2COC(C)(C)O[C@H]2[C@@H]2OC(C)(C)OC12. The van der Waals surface area contributed by atoms with Crippen molar-refractivity contribution < 1.29 is 33.2 Å². The molecule has 0 radical (unpaired) electrons. The third kappa shape index (κ3) is 2.86. The van der Waals surface area contributed by atoms with E-state index in [4.69, 9.17) is 23.7 Å². The van der Waals surface area contributed by atoms with Gasteiger partial charge < -0.3 is 28.4 Å². The van der Waals surface area contributed by atoms with Gasteiger partial charge in [0.15, 0.2) is 17.7 Å². The molecule has 3 aliphatic rings. The molecule has 0 aliphatic carbocycles. The van der Waals surface area contributed by atoms with Gasteiger partial charge in [-0.3, -0.25) is 0 Å². The Labute approximate surface area is 129 Å². The average molecular weight is 314 g/mol. The highest BCUT2D eigenvalue weighted by Crippen LogP contribution is 2.43. The molecule has 0 aromatic carbocycles. The second-order valence-electron chi connectivity index (χ2n) is 6.54. The summed E-state index contributed by atoms with van der Waals surface area (Å²) in [6.45, 7) is 7.68. The van der Waals surface area contributed by atoms with E-state index in [1.165, 1.54) is 13.2 Å². The standard InChI is InChI=1S/C15H22O7/c1-14(2)18-7-9-12(20-14)13-11(21-15(3,4)22-13)8(19-9)6-10(16)17-5/h6,9,11-13H,7H2,1-5H3/t9?,11?,12-,13-/m1/s1. The number of methoxy groups -OCH3 is 1. The van der Waals surface area contributed by atoms with Gasteiger partial charge in [0.25, 0.3) is 0 Å². The Kier molecular flexibility index (Phi) is 3.71. The van der Waals surface area contributed by atoms with Crippen molar-refractivity contribution in [2.75, 3.05) is 13.7 Å². The fraction of sp³-hybridized carbons (Fsp3) is 0.800. The minimum Gasteiger partial charge on any atom is -0.486 e. The van der Waals surface area contributed by atoms with Crippen molar-refractivity contribution in [2.24, 2.45) is 0 Å². The van der Waals surface area contributed by atoms with E-state index in [0.29, 0.717) is 12.4 Å². The molecular formula is C15H22O7. The van der Waals surface area contributed by atoms with E-state index in [1.807, 2.05) is 27.7 Å². The van der Waals surface area contributed by atoms with Crippen molar-refractivity contribution >= 4 is 5.97 Å². The van der Waals surface area contributed by atoms with Gasteiger partial charge >= 0.3 is 5.97 Å². The Hall–Kier alpha value is -1.15. The Bertz CT molecular complexity index is 496. The first-order chi connectivity index (χ1) is 10.2. The zero-order valence-electron chi connectivity index (χ0n) is 13.5. The summed E-state index contributed by atoms with van der Waals surface area (Å²) in [5.41, 5.74) is 0. The summed E-state index contributed by atoms with van der Waals surface area (Å²) < 4.78 is 34.0. The number of rotatable bonds is 1. The average Bonchev–Trinajstić information content (AvgIpc) is 2.75. The molecule has 3 fully saturated rings. The Balaban J connectivity index is 1.90. The summed E-state index contributed by atoms with van der Waals surface area (Å²) in [5, 5.41) is 0.